The number of hydrogen-bond donors (Lipinski definition) is 1. The van der Waals surface area contributed by atoms with Gasteiger partial charge in [0.2, 0.25) is 0 Å². The predicted octanol–water partition coefficient (Wildman–Crippen LogP) is 5.59. The van der Waals surface area contributed by atoms with E-state index in [0.717, 1.165) is 28.9 Å². The van der Waals surface area contributed by atoms with Gasteiger partial charge in [0.15, 0.2) is 0 Å². The van der Waals surface area contributed by atoms with Gasteiger partial charge in [0.05, 0.1) is 6.04 Å². The van der Waals surface area contributed by atoms with E-state index in [1.54, 1.807) is 0 Å². The van der Waals surface area contributed by atoms with E-state index in [0.29, 0.717) is 0 Å². The molecule has 27 heavy (non-hydrogen) atoms. The zero-order valence-electron chi connectivity index (χ0n) is 15.7. The van der Waals surface area contributed by atoms with E-state index in [4.69, 9.17) is 0 Å². The summed E-state index contributed by atoms with van der Waals surface area (Å²) in [5, 5.41) is 3.64. The van der Waals surface area contributed by atoms with Gasteiger partial charge in [-0.1, -0.05) is 54.1 Å². The van der Waals surface area contributed by atoms with Crippen LogP contribution in [0.4, 0.5) is 11.4 Å². The molecule has 1 heterocycles. The molecule has 3 nitrogen and oxygen atoms in total. The largest absolute Gasteiger partial charge is 0.378 e. The molecule has 2 atom stereocenters. The first-order valence-electron chi connectivity index (χ1n) is 9.44. The van der Waals surface area contributed by atoms with Crippen LogP contribution < -0.4 is 10.2 Å². The van der Waals surface area contributed by atoms with Crippen molar-refractivity contribution in [3.63, 3.8) is 0 Å². The monoisotopic (exact) mass is 356 g/mol. The Hall–Kier alpha value is -3.07. The lowest BCUT2D eigenvalue weighted by Crippen LogP contribution is -2.44. The van der Waals surface area contributed by atoms with Crippen molar-refractivity contribution in [2.75, 3.05) is 10.2 Å². The number of fused-ring (bicyclic) bond motifs is 1. The van der Waals surface area contributed by atoms with Crippen LogP contribution in [0.3, 0.4) is 0 Å². The Morgan fingerprint density at radius 1 is 0.926 bits per heavy atom. The van der Waals surface area contributed by atoms with Gasteiger partial charge in [-0.2, -0.15) is 0 Å². The van der Waals surface area contributed by atoms with Crippen LogP contribution in [0.5, 0.6) is 0 Å². The third-order valence-corrected chi connectivity index (χ3v) is 5.22. The number of nitrogens with zero attached hydrogens (tertiary/aromatic N) is 1. The van der Waals surface area contributed by atoms with Gasteiger partial charge < -0.3 is 10.2 Å². The van der Waals surface area contributed by atoms with Crippen LogP contribution in [-0.4, -0.2) is 11.9 Å². The van der Waals surface area contributed by atoms with Gasteiger partial charge in [0.1, 0.15) is 0 Å². The number of nitrogens with one attached hydrogen (secondary N) is 1. The second-order valence-electron chi connectivity index (χ2n) is 7.25. The predicted molar refractivity (Wildman–Crippen MR) is 111 cm³/mol. The SMILES string of the molecule is Cc1ccc(C(=O)N2c3ccccc3[C@H](Nc3ccccc3)C[C@H]2C)cc1. The minimum Gasteiger partial charge on any atom is -0.378 e. The van der Waals surface area contributed by atoms with Gasteiger partial charge in [0.25, 0.3) is 5.91 Å². The molecule has 0 unspecified atom stereocenters. The van der Waals surface area contributed by atoms with E-state index in [1.807, 2.05) is 66.4 Å². The van der Waals surface area contributed by atoms with E-state index in [2.05, 4.69) is 36.5 Å². The fourth-order valence-corrected chi connectivity index (χ4v) is 3.83. The third-order valence-electron chi connectivity index (χ3n) is 5.22. The Labute approximate surface area is 160 Å². The van der Waals surface area contributed by atoms with Crippen LogP contribution >= 0.6 is 0 Å². The standard InChI is InChI=1S/C24H24N2O/c1-17-12-14-19(15-13-17)24(27)26-18(2)16-22(21-10-6-7-11-23(21)26)25-20-8-4-3-5-9-20/h3-15,18,22,25H,16H2,1-2H3/t18-,22-/m1/s1. The zero-order valence-corrected chi connectivity index (χ0v) is 15.7. The van der Waals surface area contributed by atoms with Crippen molar-refractivity contribution in [3.05, 3.63) is 95.6 Å². The van der Waals surface area contributed by atoms with Crippen LogP contribution in [0.1, 0.15) is 40.9 Å². The highest BCUT2D eigenvalue weighted by Gasteiger charge is 2.33. The molecular weight excluding hydrogens is 332 g/mol. The number of aryl methyl sites for hydroxylation is 1. The molecule has 0 radical (unpaired) electrons. The van der Waals surface area contributed by atoms with E-state index in [1.165, 1.54) is 5.56 Å². The summed E-state index contributed by atoms with van der Waals surface area (Å²) in [6.45, 7) is 4.16. The van der Waals surface area contributed by atoms with Crippen molar-refractivity contribution in [2.45, 2.75) is 32.4 Å². The van der Waals surface area contributed by atoms with Crippen molar-refractivity contribution >= 4 is 17.3 Å². The van der Waals surface area contributed by atoms with Crippen LogP contribution in [0, 0.1) is 6.92 Å². The van der Waals surface area contributed by atoms with Crippen LogP contribution in [0.25, 0.3) is 0 Å². The molecule has 1 aliphatic rings. The fraction of sp³-hybridized carbons (Fsp3) is 0.208. The number of rotatable bonds is 3. The van der Waals surface area contributed by atoms with Gasteiger partial charge in [-0.15, -0.1) is 0 Å². The Morgan fingerprint density at radius 3 is 2.33 bits per heavy atom. The molecule has 1 amide bonds. The molecule has 136 valence electrons. The number of benzene rings is 3. The van der Waals surface area contributed by atoms with Gasteiger partial charge in [-0.25, -0.2) is 0 Å². The van der Waals surface area contributed by atoms with E-state index >= 15 is 0 Å². The molecule has 1 N–H and O–H groups in total. The number of anilines is 2. The van der Waals surface area contributed by atoms with Gasteiger partial charge in [-0.05, 0) is 56.2 Å². The Kier molecular flexibility index (Phi) is 4.68. The number of hydrogen-bond acceptors (Lipinski definition) is 2. The Balaban J connectivity index is 1.68. The first kappa shape index (κ1) is 17.3. The molecule has 0 fully saturated rings. The smallest absolute Gasteiger partial charge is 0.258 e. The molecule has 4 rings (SSSR count). The molecule has 3 aromatic rings. The van der Waals surface area contributed by atoms with Gasteiger partial charge in [-0.3, -0.25) is 4.79 Å². The molecule has 0 bridgehead atoms. The average Bonchev–Trinajstić information content (AvgIpc) is 2.69. The van der Waals surface area contributed by atoms with Crippen molar-refractivity contribution in [1.29, 1.82) is 0 Å². The van der Waals surface area contributed by atoms with E-state index < -0.39 is 0 Å². The second-order valence-corrected chi connectivity index (χ2v) is 7.25. The van der Waals surface area contributed by atoms with Crippen molar-refractivity contribution in [1.82, 2.24) is 0 Å². The normalized spacial score (nSPS) is 18.7. The maximum Gasteiger partial charge on any atom is 0.258 e. The summed E-state index contributed by atoms with van der Waals surface area (Å²) in [6.07, 6.45) is 0.865. The summed E-state index contributed by atoms with van der Waals surface area (Å²) >= 11 is 0. The molecule has 0 spiro atoms. The quantitative estimate of drug-likeness (QED) is 0.664. The van der Waals surface area contributed by atoms with Crippen LogP contribution in [-0.2, 0) is 0 Å². The molecule has 0 saturated heterocycles. The third kappa shape index (κ3) is 3.45. The molecule has 1 aliphatic heterocycles. The molecule has 0 aromatic heterocycles. The Bertz CT molecular complexity index is 934. The second kappa shape index (κ2) is 7.28. The minimum atomic E-state index is 0.0631. The van der Waals surface area contributed by atoms with Crippen molar-refractivity contribution in [3.8, 4) is 0 Å². The molecule has 0 saturated carbocycles. The maximum absolute atomic E-state index is 13.3. The molecular formula is C24H24N2O. The fourth-order valence-electron chi connectivity index (χ4n) is 3.83. The van der Waals surface area contributed by atoms with Crippen molar-refractivity contribution < 1.29 is 4.79 Å². The summed E-state index contributed by atoms with van der Waals surface area (Å²) in [6, 6.07) is 26.6. The van der Waals surface area contributed by atoms with E-state index in [9.17, 15) is 4.79 Å². The lowest BCUT2D eigenvalue weighted by Gasteiger charge is -2.40. The van der Waals surface area contributed by atoms with Gasteiger partial charge in [0, 0.05) is 23.0 Å². The number of para-hydroxylation sites is 2. The van der Waals surface area contributed by atoms with Crippen LogP contribution in [0.15, 0.2) is 78.9 Å². The molecule has 0 aliphatic carbocycles. The highest BCUT2D eigenvalue weighted by molar-refractivity contribution is 6.07. The lowest BCUT2D eigenvalue weighted by molar-refractivity contribution is 0.0974. The summed E-state index contributed by atoms with van der Waals surface area (Å²) < 4.78 is 0. The summed E-state index contributed by atoms with van der Waals surface area (Å²) in [4.78, 5) is 15.2. The highest BCUT2D eigenvalue weighted by atomic mass is 16.2. The average molecular weight is 356 g/mol. The zero-order chi connectivity index (χ0) is 18.8. The number of carbonyl (C=O) groups excluding carboxylic acids is 1. The number of carbonyl (C=O) groups is 1. The minimum absolute atomic E-state index is 0.0631. The molecule has 3 aromatic carbocycles. The lowest BCUT2D eigenvalue weighted by atomic mass is 9.90. The topological polar surface area (TPSA) is 32.3 Å². The summed E-state index contributed by atoms with van der Waals surface area (Å²) in [5.74, 6) is 0.0631. The summed E-state index contributed by atoms with van der Waals surface area (Å²) in [7, 11) is 0. The van der Waals surface area contributed by atoms with Crippen molar-refractivity contribution in [2.24, 2.45) is 0 Å². The van der Waals surface area contributed by atoms with E-state index in [-0.39, 0.29) is 18.0 Å². The first-order valence-corrected chi connectivity index (χ1v) is 9.44. The molecule has 3 heteroatoms. The highest BCUT2D eigenvalue weighted by Crippen LogP contribution is 2.39. The van der Waals surface area contributed by atoms with Gasteiger partial charge >= 0.3 is 0 Å². The Morgan fingerprint density at radius 2 is 1.59 bits per heavy atom. The summed E-state index contributed by atoms with van der Waals surface area (Å²) in [5.41, 5.74) is 5.15. The number of amides is 1. The first-order chi connectivity index (χ1) is 13.1. The van der Waals surface area contributed by atoms with Crippen LogP contribution in [0.2, 0.25) is 0 Å². The maximum atomic E-state index is 13.3.